The second-order valence-corrected chi connectivity index (χ2v) is 8.56. The summed E-state index contributed by atoms with van der Waals surface area (Å²) in [6, 6.07) is 7.21. The van der Waals surface area contributed by atoms with Gasteiger partial charge in [0.05, 0.1) is 32.3 Å². The first-order valence-electron chi connectivity index (χ1n) is 11.0. The Morgan fingerprint density at radius 2 is 1.76 bits per heavy atom. The molecule has 0 saturated heterocycles. The van der Waals surface area contributed by atoms with Crippen molar-refractivity contribution < 1.29 is 28.6 Å². The van der Waals surface area contributed by atoms with Crippen molar-refractivity contribution in [2.45, 2.75) is 77.7 Å². The number of esters is 1. The number of rotatable bonds is 10. The summed E-state index contributed by atoms with van der Waals surface area (Å²) in [5.41, 5.74) is 1.17. The van der Waals surface area contributed by atoms with Gasteiger partial charge in [0, 0.05) is 25.5 Å². The predicted octanol–water partition coefficient (Wildman–Crippen LogP) is 3.32. The number of benzene rings is 1. The molecule has 0 radical (unpaired) electrons. The molecular weight excluding hydrogens is 424 g/mol. The van der Waals surface area contributed by atoms with Gasteiger partial charge >= 0.3 is 12.1 Å². The summed E-state index contributed by atoms with van der Waals surface area (Å²) >= 11 is 0. The van der Waals surface area contributed by atoms with Crippen LogP contribution in [-0.4, -0.2) is 49.9 Å². The third kappa shape index (κ3) is 12.5. The molecule has 0 saturated carbocycles. The molecule has 1 aromatic rings. The summed E-state index contributed by atoms with van der Waals surface area (Å²) in [5, 5.41) is 5.40. The minimum atomic E-state index is -0.622. The van der Waals surface area contributed by atoms with E-state index in [0.717, 1.165) is 11.1 Å². The Balaban J connectivity index is 2.66. The molecule has 8 nitrogen and oxygen atoms in total. The maximum Gasteiger partial charge on any atom is 0.407 e. The van der Waals surface area contributed by atoms with E-state index in [2.05, 4.69) is 27.2 Å². The van der Waals surface area contributed by atoms with E-state index in [1.54, 1.807) is 27.8 Å². The minimum Gasteiger partial charge on any atom is -0.469 e. The first-order chi connectivity index (χ1) is 15.5. The summed E-state index contributed by atoms with van der Waals surface area (Å²) in [5.74, 6) is 5.57. The van der Waals surface area contributed by atoms with Gasteiger partial charge in [-0.2, -0.15) is 0 Å². The molecule has 0 aromatic heterocycles. The minimum absolute atomic E-state index is 0.110. The van der Waals surface area contributed by atoms with Crippen LogP contribution in [0.25, 0.3) is 0 Å². The second-order valence-electron chi connectivity index (χ2n) is 8.56. The average molecular weight is 461 g/mol. The Hall–Kier alpha value is -3.05. The van der Waals surface area contributed by atoms with Gasteiger partial charge in [-0.15, -0.1) is 0 Å². The lowest BCUT2D eigenvalue weighted by Gasteiger charge is -2.27. The third-order valence-electron chi connectivity index (χ3n) is 4.61. The van der Waals surface area contributed by atoms with E-state index in [-0.39, 0.29) is 30.8 Å². The first kappa shape index (κ1) is 28.0. The van der Waals surface area contributed by atoms with Crippen molar-refractivity contribution in [3.8, 4) is 11.8 Å². The predicted molar refractivity (Wildman–Crippen MR) is 125 cm³/mol. The molecule has 0 fully saturated rings. The van der Waals surface area contributed by atoms with E-state index in [9.17, 15) is 14.4 Å². The number of alkyl carbamates (subject to hydrolysis) is 1. The lowest BCUT2D eigenvalue weighted by Crippen LogP contribution is -2.45. The van der Waals surface area contributed by atoms with Crippen LogP contribution >= 0.6 is 0 Å². The van der Waals surface area contributed by atoms with Gasteiger partial charge in [0.25, 0.3) is 0 Å². The fraction of sp³-hybridized carbons (Fsp3) is 0.560. The highest BCUT2D eigenvalue weighted by molar-refractivity contribution is 5.75. The van der Waals surface area contributed by atoms with Gasteiger partial charge in [-0.25, -0.2) is 4.79 Å². The summed E-state index contributed by atoms with van der Waals surface area (Å²) < 4.78 is 15.9. The molecule has 2 amide bonds. The maximum atomic E-state index is 12.2. The molecule has 1 rings (SSSR count). The van der Waals surface area contributed by atoms with Crippen molar-refractivity contribution >= 4 is 18.0 Å². The number of hydrogen-bond donors (Lipinski definition) is 2. The molecular formula is C25H36N2O6. The van der Waals surface area contributed by atoms with Crippen LogP contribution in [0.4, 0.5) is 4.79 Å². The van der Waals surface area contributed by atoms with Crippen LogP contribution in [0.1, 0.15) is 64.5 Å². The van der Waals surface area contributed by atoms with Gasteiger partial charge in [-0.3, -0.25) is 9.59 Å². The molecule has 8 heteroatoms. The van der Waals surface area contributed by atoms with E-state index in [0.29, 0.717) is 19.4 Å². The van der Waals surface area contributed by atoms with Crippen LogP contribution < -0.4 is 10.6 Å². The smallest absolute Gasteiger partial charge is 0.407 e. The van der Waals surface area contributed by atoms with E-state index in [4.69, 9.17) is 9.47 Å². The number of hydrogen-bond acceptors (Lipinski definition) is 6. The zero-order chi connectivity index (χ0) is 24.9. The number of ether oxygens (including phenoxy) is 3. The van der Waals surface area contributed by atoms with Gasteiger partial charge in [0.1, 0.15) is 5.60 Å². The van der Waals surface area contributed by atoms with Crippen LogP contribution in [0.5, 0.6) is 0 Å². The Morgan fingerprint density at radius 3 is 2.33 bits per heavy atom. The summed E-state index contributed by atoms with van der Waals surface area (Å²) in [6.45, 7) is 7.56. The summed E-state index contributed by atoms with van der Waals surface area (Å²) in [4.78, 5) is 35.0. The molecule has 2 atom stereocenters. The maximum absolute atomic E-state index is 12.2. The van der Waals surface area contributed by atoms with Gasteiger partial charge in [-0.05, 0) is 51.8 Å². The Kier molecular flexibility index (Phi) is 12.0. The van der Waals surface area contributed by atoms with Crippen LogP contribution in [0.3, 0.4) is 0 Å². The SMILES string of the molecule is CNC(=O)CC[C@H](NC(=O)OC(C)(C)C)[C@@H](C)OCc1ccc(C#CCCC(=O)OC)cc1. The number of methoxy groups -OCH3 is 1. The fourth-order valence-electron chi connectivity index (χ4n) is 2.75. The van der Waals surface area contributed by atoms with Crippen molar-refractivity contribution in [2.75, 3.05) is 14.2 Å². The van der Waals surface area contributed by atoms with Crippen LogP contribution in [0, 0.1) is 11.8 Å². The molecule has 0 aliphatic rings. The van der Waals surface area contributed by atoms with E-state index >= 15 is 0 Å². The average Bonchev–Trinajstić information content (AvgIpc) is 2.76. The number of carbonyl (C=O) groups excluding carboxylic acids is 3. The largest absolute Gasteiger partial charge is 0.469 e. The number of carbonyl (C=O) groups is 3. The lowest BCUT2D eigenvalue weighted by atomic mass is 10.1. The van der Waals surface area contributed by atoms with Gasteiger partial charge < -0.3 is 24.8 Å². The van der Waals surface area contributed by atoms with Crippen LogP contribution in [0.2, 0.25) is 0 Å². The first-order valence-corrected chi connectivity index (χ1v) is 11.0. The molecule has 2 N–H and O–H groups in total. The second kappa shape index (κ2) is 14.2. The van der Waals surface area contributed by atoms with Gasteiger partial charge in [0.15, 0.2) is 0 Å². The molecule has 0 spiro atoms. The molecule has 0 unspecified atom stereocenters. The van der Waals surface area contributed by atoms with Crippen molar-refractivity contribution in [1.29, 1.82) is 0 Å². The molecule has 0 aliphatic carbocycles. The van der Waals surface area contributed by atoms with Crippen LogP contribution in [0.15, 0.2) is 24.3 Å². The fourth-order valence-corrected chi connectivity index (χ4v) is 2.75. The molecule has 33 heavy (non-hydrogen) atoms. The van der Waals surface area contributed by atoms with Crippen LogP contribution in [-0.2, 0) is 30.4 Å². The highest BCUT2D eigenvalue weighted by atomic mass is 16.6. The standard InChI is InChI=1S/C25H36N2O6/c1-18(21(15-16-22(28)26-5)27-24(30)33-25(2,3)4)32-17-20-13-11-19(12-14-20)9-7-8-10-23(29)31-6/h11-14,18,21H,8,10,15-17H2,1-6H3,(H,26,28)(H,27,30)/t18-,21+/m1/s1. The van der Waals surface area contributed by atoms with E-state index in [1.165, 1.54) is 7.11 Å². The zero-order valence-corrected chi connectivity index (χ0v) is 20.4. The molecule has 0 bridgehead atoms. The highest BCUT2D eigenvalue weighted by Gasteiger charge is 2.24. The van der Waals surface area contributed by atoms with E-state index in [1.807, 2.05) is 31.2 Å². The normalized spacial score (nSPS) is 12.5. The van der Waals surface area contributed by atoms with E-state index < -0.39 is 17.7 Å². The summed E-state index contributed by atoms with van der Waals surface area (Å²) in [6.07, 6.45) is 0.492. The molecule has 182 valence electrons. The topological polar surface area (TPSA) is 103 Å². The molecule has 1 aromatic carbocycles. The van der Waals surface area contributed by atoms with Crippen molar-refractivity contribution in [2.24, 2.45) is 0 Å². The zero-order valence-electron chi connectivity index (χ0n) is 20.4. The monoisotopic (exact) mass is 460 g/mol. The summed E-state index contributed by atoms with van der Waals surface area (Å²) in [7, 11) is 2.93. The van der Waals surface area contributed by atoms with Crippen molar-refractivity contribution in [3.63, 3.8) is 0 Å². The third-order valence-corrected chi connectivity index (χ3v) is 4.61. The quantitative estimate of drug-likeness (QED) is 0.410. The van der Waals surface area contributed by atoms with Crippen molar-refractivity contribution in [1.82, 2.24) is 10.6 Å². The van der Waals surface area contributed by atoms with Gasteiger partial charge in [-0.1, -0.05) is 24.0 Å². The molecule has 0 heterocycles. The Morgan fingerprint density at radius 1 is 1.09 bits per heavy atom. The number of amides is 2. The Bertz CT molecular complexity index is 833. The Labute approximate surface area is 196 Å². The van der Waals surface area contributed by atoms with Crippen molar-refractivity contribution in [3.05, 3.63) is 35.4 Å². The lowest BCUT2D eigenvalue weighted by molar-refractivity contribution is -0.140. The van der Waals surface area contributed by atoms with Gasteiger partial charge in [0.2, 0.25) is 5.91 Å². The number of nitrogens with one attached hydrogen (secondary N) is 2. The highest BCUT2D eigenvalue weighted by Crippen LogP contribution is 2.13. The molecule has 0 aliphatic heterocycles.